The minimum Gasteiger partial charge on any atom is -0.0843 e. The maximum Gasteiger partial charge on any atom is 0.0595 e. The molecule has 0 atom stereocenters. The predicted molar refractivity (Wildman–Crippen MR) is 80.5 cm³/mol. The van der Waals surface area contributed by atoms with Gasteiger partial charge < -0.3 is 0 Å². The molecule has 0 amide bonds. The Morgan fingerprint density at radius 3 is 2.11 bits per heavy atom. The SMILES string of the molecule is Cc1cc(Cl)c(Cl)cc1Cc1ccc(Cl)cc1Cl. The molecule has 0 nitrogen and oxygen atoms in total. The van der Waals surface area contributed by atoms with Gasteiger partial charge >= 0.3 is 0 Å². The molecule has 0 aliphatic carbocycles. The van der Waals surface area contributed by atoms with Crippen molar-refractivity contribution in [2.75, 3.05) is 0 Å². The monoisotopic (exact) mass is 318 g/mol. The maximum absolute atomic E-state index is 6.16. The fourth-order valence-electron chi connectivity index (χ4n) is 1.75. The topological polar surface area (TPSA) is 0 Å². The minimum atomic E-state index is 0.558. The lowest BCUT2D eigenvalue weighted by atomic mass is 10.0. The van der Waals surface area contributed by atoms with E-state index in [1.165, 1.54) is 0 Å². The molecule has 0 saturated carbocycles. The van der Waals surface area contributed by atoms with Gasteiger partial charge in [0, 0.05) is 10.0 Å². The standard InChI is InChI=1S/C14H10Cl4/c1-8-4-13(17)14(18)6-10(8)5-9-2-3-11(15)7-12(9)16/h2-4,6-7H,5H2,1H3. The molecule has 2 aromatic carbocycles. The Balaban J connectivity index is 2.37. The third-order valence-corrected chi connectivity index (χ3v) is 4.08. The second-order valence-electron chi connectivity index (χ2n) is 4.11. The zero-order chi connectivity index (χ0) is 13.3. The molecule has 0 unspecified atom stereocenters. The highest BCUT2D eigenvalue weighted by molar-refractivity contribution is 6.42. The van der Waals surface area contributed by atoms with Crippen molar-refractivity contribution in [2.45, 2.75) is 13.3 Å². The van der Waals surface area contributed by atoms with Crippen LogP contribution < -0.4 is 0 Å². The third kappa shape index (κ3) is 3.13. The molecule has 4 heteroatoms. The van der Waals surface area contributed by atoms with Crippen LogP contribution in [0.15, 0.2) is 30.3 Å². The van der Waals surface area contributed by atoms with E-state index in [9.17, 15) is 0 Å². The summed E-state index contributed by atoms with van der Waals surface area (Å²) in [5, 5.41) is 2.42. The summed E-state index contributed by atoms with van der Waals surface area (Å²) in [7, 11) is 0. The van der Waals surface area contributed by atoms with Crippen molar-refractivity contribution in [2.24, 2.45) is 0 Å². The van der Waals surface area contributed by atoms with Gasteiger partial charge in [-0.2, -0.15) is 0 Å². The zero-order valence-electron chi connectivity index (χ0n) is 9.61. The smallest absolute Gasteiger partial charge is 0.0595 e. The Hall–Kier alpha value is -0.400. The summed E-state index contributed by atoms with van der Waals surface area (Å²) in [6.45, 7) is 2.00. The van der Waals surface area contributed by atoms with Gasteiger partial charge in [0.25, 0.3) is 0 Å². The van der Waals surface area contributed by atoms with Crippen molar-refractivity contribution < 1.29 is 0 Å². The van der Waals surface area contributed by atoms with Gasteiger partial charge in [0.2, 0.25) is 0 Å². The number of halogens is 4. The summed E-state index contributed by atoms with van der Waals surface area (Å²) in [4.78, 5) is 0. The summed E-state index contributed by atoms with van der Waals surface area (Å²) >= 11 is 24.0. The lowest BCUT2D eigenvalue weighted by molar-refractivity contribution is 1.16. The number of hydrogen-bond donors (Lipinski definition) is 0. The Bertz CT molecular complexity index is 591. The summed E-state index contributed by atoms with van der Waals surface area (Å²) in [6.07, 6.45) is 0.707. The lowest BCUT2D eigenvalue weighted by Crippen LogP contribution is -1.93. The van der Waals surface area contributed by atoms with Crippen LogP contribution in [-0.2, 0) is 6.42 Å². The van der Waals surface area contributed by atoms with Crippen LogP contribution in [0, 0.1) is 6.92 Å². The predicted octanol–water partition coefficient (Wildman–Crippen LogP) is 6.20. The summed E-state index contributed by atoms with van der Waals surface area (Å²) < 4.78 is 0. The molecule has 18 heavy (non-hydrogen) atoms. The first-order valence-electron chi connectivity index (χ1n) is 5.36. The van der Waals surface area contributed by atoms with Gasteiger partial charge in [0.05, 0.1) is 10.0 Å². The minimum absolute atomic E-state index is 0.558. The normalized spacial score (nSPS) is 10.7. The van der Waals surface area contributed by atoms with Crippen LogP contribution in [0.25, 0.3) is 0 Å². The van der Waals surface area contributed by atoms with Crippen molar-refractivity contribution in [3.05, 3.63) is 67.1 Å². The summed E-state index contributed by atoms with van der Waals surface area (Å²) in [5.41, 5.74) is 3.21. The quantitative estimate of drug-likeness (QED) is 0.618. The van der Waals surface area contributed by atoms with E-state index in [4.69, 9.17) is 46.4 Å². The third-order valence-electron chi connectivity index (χ3n) is 2.77. The van der Waals surface area contributed by atoms with E-state index in [0.717, 1.165) is 16.7 Å². The van der Waals surface area contributed by atoms with Crippen molar-refractivity contribution in [1.82, 2.24) is 0 Å². The van der Waals surface area contributed by atoms with Gasteiger partial charge in [-0.1, -0.05) is 52.5 Å². The second-order valence-corrected chi connectivity index (χ2v) is 5.76. The molecule has 0 bridgehead atoms. The molecule has 0 radical (unpaired) electrons. The summed E-state index contributed by atoms with van der Waals surface area (Å²) in [5.74, 6) is 0. The van der Waals surface area contributed by atoms with Crippen LogP contribution in [-0.4, -0.2) is 0 Å². The van der Waals surface area contributed by atoms with Crippen LogP contribution in [0.2, 0.25) is 20.1 Å². The van der Waals surface area contributed by atoms with Gasteiger partial charge in [0.15, 0.2) is 0 Å². The lowest BCUT2D eigenvalue weighted by Gasteiger charge is -2.09. The van der Waals surface area contributed by atoms with Crippen molar-refractivity contribution in [1.29, 1.82) is 0 Å². The maximum atomic E-state index is 6.16. The van der Waals surface area contributed by atoms with E-state index in [1.54, 1.807) is 6.07 Å². The zero-order valence-corrected chi connectivity index (χ0v) is 12.6. The van der Waals surface area contributed by atoms with Crippen LogP contribution in [0.4, 0.5) is 0 Å². The molecule has 0 saturated heterocycles. The van der Waals surface area contributed by atoms with Crippen molar-refractivity contribution in [3.63, 3.8) is 0 Å². The highest BCUT2D eigenvalue weighted by atomic mass is 35.5. The van der Waals surface area contributed by atoms with Crippen LogP contribution in [0.5, 0.6) is 0 Å². The van der Waals surface area contributed by atoms with Crippen LogP contribution >= 0.6 is 46.4 Å². The molecule has 0 aliphatic heterocycles. The molecule has 0 heterocycles. The van der Waals surface area contributed by atoms with E-state index < -0.39 is 0 Å². The van der Waals surface area contributed by atoms with Gasteiger partial charge in [0.1, 0.15) is 0 Å². The fraction of sp³-hybridized carbons (Fsp3) is 0.143. The van der Waals surface area contributed by atoms with Crippen LogP contribution in [0.3, 0.4) is 0 Å². The molecule has 0 spiro atoms. The molecule has 0 aromatic heterocycles. The first-order valence-corrected chi connectivity index (χ1v) is 6.87. The average molecular weight is 320 g/mol. The Morgan fingerprint density at radius 1 is 0.778 bits per heavy atom. The van der Waals surface area contributed by atoms with Gasteiger partial charge in [-0.05, 0) is 54.3 Å². The molecule has 2 aromatic rings. The first kappa shape index (κ1) is 14.0. The van der Waals surface area contributed by atoms with E-state index in [2.05, 4.69) is 0 Å². The van der Waals surface area contributed by atoms with Gasteiger partial charge in [-0.15, -0.1) is 0 Å². The Kier molecular flexibility index (Phi) is 4.45. The second kappa shape index (κ2) is 5.71. The number of benzene rings is 2. The Labute approximate surface area is 126 Å². The largest absolute Gasteiger partial charge is 0.0843 e. The molecule has 0 fully saturated rings. The van der Waals surface area contributed by atoms with Crippen molar-refractivity contribution in [3.8, 4) is 0 Å². The molecule has 2 rings (SSSR count). The molecular weight excluding hydrogens is 310 g/mol. The molecule has 0 aliphatic rings. The van der Waals surface area contributed by atoms with Crippen LogP contribution in [0.1, 0.15) is 16.7 Å². The molecule has 94 valence electrons. The average Bonchev–Trinajstić information content (AvgIpc) is 2.29. The number of rotatable bonds is 2. The van der Waals surface area contributed by atoms with E-state index >= 15 is 0 Å². The Morgan fingerprint density at radius 2 is 1.44 bits per heavy atom. The van der Waals surface area contributed by atoms with E-state index in [0.29, 0.717) is 26.5 Å². The van der Waals surface area contributed by atoms with E-state index in [-0.39, 0.29) is 0 Å². The number of hydrogen-bond acceptors (Lipinski definition) is 0. The first-order chi connectivity index (χ1) is 8.47. The molecule has 0 N–H and O–H groups in total. The highest BCUT2D eigenvalue weighted by Gasteiger charge is 2.08. The summed E-state index contributed by atoms with van der Waals surface area (Å²) in [6, 6.07) is 9.24. The fourth-order valence-corrected chi connectivity index (χ4v) is 2.63. The van der Waals surface area contributed by atoms with E-state index in [1.807, 2.05) is 31.2 Å². The molecular formula is C14H10Cl4. The van der Waals surface area contributed by atoms with Gasteiger partial charge in [-0.25, -0.2) is 0 Å². The highest BCUT2D eigenvalue weighted by Crippen LogP contribution is 2.29. The number of aryl methyl sites for hydroxylation is 1. The van der Waals surface area contributed by atoms with Crippen molar-refractivity contribution >= 4 is 46.4 Å². The van der Waals surface area contributed by atoms with Gasteiger partial charge in [-0.3, -0.25) is 0 Å².